The summed E-state index contributed by atoms with van der Waals surface area (Å²) >= 11 is 0. The first-order valence-electron chi connectivity index (χ1n) is 14.1. The summed E-state index contributed by atoms with van der Waals surface area (Å²) in [4.78, 5) is 0. The lowest BCUT2D eigenvalue weighted by Crippen LogP contribution is -2.56. The van der Waals surface area contributed by atoms with Gasteiger partial charge in [-0.05, 0) is 142 Å². The standard InChI is InChI=1S/C29H50O2/c1-5-29(31)17-16-27(3)21(18-29)9-10-22-24-12-11-23(28(24,4)15-14-25(22)27)19(2)6-13-26(30)20-7-8-20/h19-26,30-31H,5-18H2,1-4H3/t19-,21+,22+,23-,24+,25+,26-,27+,28-,29+/m1/s1. The summed E-state index contributed by atoms with van der Waals surface area (Å²) in [5, 5.41) is 21.4. The summed E-state index contributed by atoms with van der Waals surface area (Å²) in [6.07, 6.45) is 17.6. The number of rotatable bonds is 6. The van der Waals surface area contributed by atoms with Crippen molar-refractivity contribution in [2.24, 2.45) is 52.3 Å². The molecule has 0 heterocycles. The highest BCUT2D eigenvalue weighted by Crippen LogP contribution is 2.69. The largest absolute Gasteiger partial charge is 0.393 e. The van der Waals surface area contributed by atoms with Crippen LogP contribution in [0.15, 0.2) is 0 Å². The van der Waals surface area contributed by atoms with Gasteiger partial charge in [0.2, 0.25) is 0 Å². The zero-order valence-electron chi connectivity index (χ0n) is 20.9. The zero-order valence-corrected chi connectivity index (χ0v) is 20.9. The second kappa shape index (κ2) is 8.00. The molecule has 0 amide bonds. The van der Waals surface area contributed by atoms with Gasteiger partial charge in [-0.25, -0.2) is 0 Å². The molecule has 0 bridgehead atoms. The molecular weight excluding hydrogens is 380 g/mol. The summed E-state index contributed by atoms with van der Waals surface area (Å²) in [6, 6.07) is 0. The van der Waals surface area contributed by atoms with E-state index in [1.54, 1.807) is 0 Å². The maximum atomic E-state index is 11.0. The minimum Gasteiger partial charge on any atom is -0.393 e. The van der Waals surface area contributed by atoms with Gasteiger partial charge in [-0.3, -0.25) is 0 Å². The van der Waals surface area contributed by atoms with Crippen LogP contribution in [0.4, 0.5) is 0 Å². The lowest BCUT2D eigenvalue weighted by atomic mass is 9.43. The molecule has 5 rings (SSSR count). The first-order valence-corrected chi connectivity index (χ1v) is 14.1. The number of aliphatic hydroxyl groups is 2. The van der Waals surface area contributed by atoms with E-state index >= 15 is 0 Å². The molecule has 0 aliphatic heterocycles. The number of hydrogen-bond donors (Lipinski definition) is 2. The van der Waals surface area contributed by atoms with Crippen molar-refractivity contribution in [1.82, 2.24) is 0 Å². The van der Waals surface area contributed by atoms with Crippen LogP contribution in [0, 0.1) is 52.3 Å². The Morgan fingerprint density at radius 1 is 0.839 bits per heavy atom. The third kappa shape index (κ3) is 3.74. The number of aliphatic hydroxyl groups excluding tert-OH is 1. The molecular formula is C29H50O2. The molecule has 2 nitrogen and oxygen atoms in total. The molecule has 178 valence electrons. The van der Waals surface area contributed by atoms with Gasteiger partial charge in [0.25, 0.3) is 0 Å². The maximum Gasteiger partial charge on any atom is 0.0648 e. The molecule has 0 unspecified atom stereocenters. The molecule has 0 spiro atoms. The molecule has 0 aromatic rings. The van der Waals surface area contributed by atoms with E-state index in [1.807, 2.05) is 0 Å². The van der Waals surface area contributed by atoms with Gasteiger partial charge in [0.05, 0.1) is 11.7 Å². The molecule has 31 heavy (non-hydrogen) atoms. The van der Waals surface area contributed by atoms with Gasteiger partial charge in [0, 0.05) is 0 Å². The molecule has 5 aliphatic rings. The van der Waals surface area contributed by atoms with Crippen LogP contribution in [0.25, 0.3) is 0 Å². The van der Waals surface area contributed by atoms with E-state index < -0.39 is 0 Å². The minimum absolute atomic E-state index is 0.0218. The summed E-state index contributed by atoms with van der Waals surface area (Å²) in [7, 11) is 0. The predicted octanol–water partition coefficient (Wildman–Crippen LogP) is 6.97. The molecule has 10 atom stereocenters. The highest BCUT2D eigenvalue weighted by molar-refractivity contribution is 5.10. The SMILES string of the molecule is CC[C@]1(O)CC[C@@]2(C)[C@@H](CC[C@@H]3[C@@H]2CC[C@]2(C)[C@@H]([C@H](C)CC[C@@H](O)C4CC4)CC[C@@H]32)C1. The van der Waals surface area contributed by atoms with Gasteiger partial charge in [-0.15, -0.1) is 0 Å². The molecule has 5 fully saturated rings. The molecule has 2 N–H and O–H groups in total. The van der Waals surface area contributed by atoms with Crippen molar-refractivity contribution >= 4 is 0 Å². The van der Waals surface area contributed by atoms with E-state index in [4.69, 9.17) is 0 Å². The average Bonchev–Trinajstić information content (AvgIpc) is 3.54. The molecule has 5 saturated carbocycles. The van der Waals surface area contributed by atoms with Crippen LogP contribution in [0.1, 0.15) is 118 Å². The lowest BCUT2D eigenvalue weighted by Gasteiger charge is -2.62. The highest BCUT2D eigenvalue weighted by atomic mass is 16.3. The van der Waals surface area contributed by atoms with Crippen LogP contribution in [-0.4, -0.2) is 21.9 Å². The van der Waals surface area contributed by atoms with Gasteiger partial charge in [0.1, 0.15) is 0 Å². The van der Waals surface area contributed by atoms with Crippen LogP contribution in [0.5, 0.6) is 0 Å². The Hall–Kier alpha value is -0.0800. The molecule has 0 aromatic carbocycles. The molecule has 0 aromatic heterocycles. The van der Waals surface area contributed by atoms with Crippen LogP contribution in [-0.2, 0) is 0 Å². The van der Waals surface area contributed by atoms with Crippen molar-refractivity contribution in [3.05, 3.63) is 0 Å². The molecule has 2 heteroatoms. The quantitative estimate of drug-likeness (QED) is 0.477. The Balaban J connectivity index is 1.27. The van der Waals surface area contributed by atoms with Gasteiger partial charge >= 0.3 is 0 Å². The number of hydrogen-bond acceptors (Lipinski definition) is 2. The van der Waals surface area contributed by atoms with E-state index in [9.17, 15) is 10.2 Å². The van der Waals surface area contributed by atoms with Crippen molar-refractivity contribution < 1.29 is 10.2 Å². The van der Waals surface area contributed by atoms with E-state index in [0.29, 0.717) is 16.7 Å². The van der Waals surface area contributed by atoms with E-state index in [1.165, 1.54) is 64.2 Å². The fourth-order valence-electron chi connectivity index (χ4n) is 9.97. The van der Waals surface area contributed by atoms with Gasteiger partial charge in [-0.2, -0.15) is 0 Å². The average molecular weight is 431 g/mol. The van der Waals surface area contributed by atoms with E-state index in [-0.39, 0.29) is 11.7 Å². The van der Waals surface area contributed by atoms with Crippen LogP contribution in [0.2, 0.25) is 0 Å². The summed E-state index contributed by atoms with van der Waals surface area (Å²) in [5.74, 6) is 5.77. The third-order valence-corrected chi connectivity index (χ3v) is 12.3. The fourth-order valence-corrected chi connectivity index (χ4v) is 9.97. The van der Waals surface area contributed by atoms with Crippen molar-refractivity contribution in [3.8, 4) is 0 Å². The Morgan fingerprint density at radius 3 is 2.29 bits per heavy atom. The molecule has 5 aliphatic carbocycles. The van der Waals surface area contributed by atoms with Crippen molar-refractivity contribution in [2.45, 2.75) is 129 Å². The summed E-state index contributed by atoms with van der Waals surface area (Å²) in [6.45, 7) is 9.99. The van der Waals surface area contributed by atoms with Gasteiger partial charge in [-0.1, -0.05) is 27.7 Å². The fraction of sp³-hybridized carbons (Fsp3) is 1.00. The normalized spacial score (nSPS) is 51.5. The van der Waals surface area contributed by atoms with Gasteiger partial charge < -0.3 is 10.2 Å². The van der Waals surface area contributed by atoms with Gasteiger partial charge in [0.15, 0.2) is 0 Å². The van der Waals surface area contributed by atoms with E-state index in [0.717, 1.165) is 61.2 Å². The minimum atomic E-state index is -0.376. The van der Waals surface area contributed by atoms with Crippen LogP contribution < -0.4 is 0 Å². The Kier molecular flexibility index (Phi) is 5.86. The monoisotopic (exact) mass is 430 g/mol. The van der Waals surface area contributed by atoms with Crippen molar-refractivity contribution in [1.29, 1.82) is 0 Å². The second-order valence-electron chi connectivity index (χ2n) is 13.6. The van der Waals surface area contributed by atoms with Crippen molar-refractivity contribution in [2.75, 3.05) is 0 Å². The Morgan fingerprint density at radius 2 is 1.58 bits per heavy atom. The summed E-state index contributed by atoms with van der Waals surface area (Å²) < 4.78 is 0. The summed E-state index contributed by atoms with van der Waals surface area (Å²) in [5.41, 5.74) is 0.635. The molecule has 0 radical (unpaired) electrons. The second-order valence-corrected chi connectivity index (χ2v) is 13.6. The predicted molar refractivity (Wildman–Crippen MR) is 128 cm³/mol. The number of fused-ring (bicyclic) bond motifs is 5. The maximum absolute atomic E-state index is 11.0. The Labute approximate surface area is 192 Å². The Bertz CT molecular complexity index is 657. The third-order valence-electron chi connectivity index (χ3n) is 12.3. The topological polar surface area (TPSA) is 40.5 Å². The van der Waals surface area contributed by atoms with Crippen LogP contribution >= 0.6 is 0 Å². The lowest BCUT2D eigenvalue weighted by molar-refractivity contribution is -0.152. The van der Waals surface area contributed by atoms with Crippen molar-refractivity contribution in [3.63, 3.8) is 0 Å². The smallest absolute Gasteiger partial charge is 0.0648 e. The van der Waals surface area contributed by atoms with E-state index in [2.05, 4.69) is 27.7 Å². The highest BCUT2D eigenvalue weighted by Gasteiger charge is 2.61. The zero-order chi connectivity index (χ0) is 22.0. The first-order chi connectivity index (χ1) is 14.7. The molecule has 0 saturated heterocycles. The first kappa shape index (κ1) is 22.7. The van der Waals surface area contributed by atoms with Crippen LogP contribution in [0.3, 0.4) is 0 Å².